The van der Waals surface area contributed by atoms with Crippen molar-refractivity contribution in [3.05, 3.63) is 51.0 Å². The molecule has 3 rings (SSSR count). The van der Waals surface area contributed by atoms with Gasteiger partial charge in [0.15, 0.2) is 0 Å². The van der Waals surface area contributed by atoms with Crippen LogP contribution in [0.2, 0.25) is 0 Å². The van der Waals surface area contributed by atoms with Gasteiger partial charge in [-0.1, -0.05) is 36.8 Å². The Bertz CT molecular complexity index is 621. The topological polar surface area (TPSA) is 37.8 Å². The molecule has 1 aromatic heterocycles. The molecule has 3 nitrogen and oxygen atoms in total. The van der Waals surface area contributed by atoms with Crippen LogP contribution in [0.15, 0.2) is 30.3 Å². The average molecular weight is 379 g/mol. The van der Waals surface area contributed by atoms with Gasteiger partial charge in [0.1, 0.15) is 11.6 Å². The normalized spacial score (nSPS) is 16.6. The van der Waals surface area contributed by atoms with Gasteiger partial charge >= 0.3 is 0 Å². The molecule has 20 heavy (non-hydrogen) atoms. The highest BCUT2D eigenvalue weighted by Crippen LogP contribution is 2.48. The van der Waals surface area contributed by atoms with Gasteiger partial charge in [0.25, 0.3) is 0 Å². The van der Waals surface area contributed by atoms with Crippen LogP contribution in [0.3, 0.4) is 0 Å². The average Bonchev–Trinajstić information content (AvgIpc) is 2.42. The fraction of sp³-hybridized carbons (Fsp3) is 0.375. The van der Waals surface area contributed by atoms with E-state index in [0.717, 1.165) is 33.7 Å². The molecule has 1 heterocycles. The van der Waals surface area contributed by atoms with Crippen LogP contribution < -0.4 is 5.32 Å². The molecule has 104 valence electrons. The van der Waals surface area contributed by atoms with E-state index >= 15 is 0 Å². The SMILES string of the molecule is CNc1nc(C2(c3ccccc3)CCC2)nc(C)c1I. The summed E-state index contributed by atoms with van der Waals surface area (Å²) in [6, 6.07) is 10.7. The molecule has 0 bridgehead atoms. The lowest BCUT2D eigenvalue weighted by Gasteiger charge is -2.41. The van der Waals surface area contributed by atoms with E-state index in [1.54, 1.807) is 0 Å². The number of halogens is 1. The molecule has 0 atom stereocenters. The molecular formula is C16H18IN3. The van der Waals surface area contributed by atoms with Crippen LogP contribution in [-0.4, -0.2) is 17.0 Å². The Hall–Kier alpha value is -1.17. The largest absolute Gasteiger partial charge is 0.372 e. The van der Waals surface area contributed by atoms with Crippen molar-refractivity contribution in [2.24, 2.45) is 0 Å². The molecule has 1 aliphatic carbocycles. The number of anilines is 1. The number of nitrogens with zero attached hydrogens (tertiary/aromatic N) is 2. The molecule has 0 saturated heterocycles. The van der Waals surface area contributed by atoms with E-state index in [1.165, 1.54) is 12.0 Å². The maximum Gasteiger partial charge on any atom is 0.143 e. The second-order valence-corrected chi connectivity index (χ2v) is 6.43. The molecule has 1 fully saturated rings. The molecular weight excluding hydrogens is 361 g/mol. The smallest absolute Gasteiger partial charge is 0.143 e. The number of rotatable bonds is 3. The fourth-order valence-electron chi connectivity index (χ4n) is 2.87. The molecule has 0 spiro atoms. The van der Waals surface area contributed by atoms with Crippen molar-refractivity contribution in [3.63, 3.8) is 0 Å². The van der Waals surface area contributed by atoms with Crippen LogP contribution in [0.4, 0.5) is 5.82 Å². The lowest BCUT2D eigenvalue weighted by atomic mass is 9.64. The Morgan fingerprint density at radius 2 is 1.85 bits per heavy atom. The lowest BCUT2D eigenvalue weighted by Crippen LogP contribution is -2.37. The van der Waals surface area contributed by atoms with Gasteiger partial charge < -0.3 is 5.32 Å². The van der Waals surface area contributed by atoms with Crippen LogP contribution in [0.5, 0.6) is 0 Å². The standard InChI is InChI=1S/C16H18IN3/c1-11-13(17)14(18-2)20-15(19-11)16(9-6-10-16)12-7-4-3-5-8-12/h3-5,7-8H,6,9-10H2,1-2H3,(H,18,19,20). The van der Waals surface area contributed by atoms with Crippen LogP contribution in [0, 0.1) is 10.5 Å². The molecule has 2 aromatic rings. The van der Waals surface area contributed by atoms with Crippen molar-refractivity contribution in [2.45, 2.75) is 31.6 Å². The van der Waals surface area contributed by atoms with Crippen molar-refractivity contribution < 1.29 is 0 Å². The van der Waals surface area contributed by atoms with E-state index in [0.29, 0.717) is 0 Å². The summed E-state index contributed by atoms with van der Waals surface area (Å²) in [7, 11) is 1.92. The van der Waals surface area contributed by atoms with Gasteiger partial charge in [-0.25, -0.2) is 9.97 Å². The van der Waals surface area contributed by atoms with Crippen molar-refractivity contribution in [3.8, 4) is 0 Å². The maximum absolute atomic E-state index is 4.79. The Labute approximate surface area is 133 Å². The first-order chi connectivity index (χ1) is 9.67. The highest BCUT2D eigenvalue weighted by Gasteiger charge is 2.43. The molecule has 0 unspecified atom stereocenters. The number of benzene rings is 1. The molecule has 0 aliphatic heterocycles. The Kier molecular flexibility index (Phi) is 3.67. The first-order valence-corrected chi connectivity index (χ1v) is 8.03. The van der Waals surface area contributed by atoms with Crippen LogP contribution in [0.25, 0.3) is 0 Å². The molecule has 4 heteroatoms. The number of hydrogen-bond donors (Lipinski definition) is 1. The zero-order chi connectivity index (χ0) is 14.2. The van der Waals surface area contributed by atoms with Crippen molar-refractivity contribution in [1.29, 1.82) is 0 Å². The third kappa shape index (κ3) is 2.10. The summed E-state index contributed by atoms with van der Waals surface area (Å²) in [6.07, 6.45) is 3.53. The Balaban J connectivity index is 2.13. The van der Waals surface area contributed by atoms with Crippen LogP contribution in [-0.2, 0) is 5.41 Å². The highest BCUT2D eigenvalue weighted by molar-refractivity contribution is 14.1. The maximum atomic E-state index is 4.79. The van der Waals surface area contributed by atoms with Crippen LogP contribution >= 0.6 is 22.6 Å². The van der Waals surface area contributed by atoms with E-state index < -0.39 is 0 Å². The first-order valence-electron chi connectivity index (χ1n) is 6.95. The lowest BCUT2D eigenvalue weighted by molar-refractivity contribution is 0.285. The molecule has 1 N–H and O–H groups in total. The van der Waals surface area contributed by atoms with E-state index in [-0.39, 0.29) is 5.41 Å². The van der Waals surface area contributed by atoms with E-state index in [2.05, 4.69) is 65.2 Å². The monoisotopic (exact) mass is 379 g/mol. The summed E-state index contributed by atoms with van der Waals surface area (Å²) < 4.78 is 1.11. The minimum absolute atomic E-state index is 0.0158. The van der Waals surface area contributed by atoms with Gasteiger partial charge in [0, 0.05) is 7.05 Å². The summed E-state index contributed by atoms with van der Waals surface area (Å²) in [6.45, 7) is 2.06. The molecule has 1 aliphatic rings. The second-order valence-electron chi connectivity index (χ2n) is 5.35. The Morgan fingerprint density at radius 3 is 2.40 bits per heavy atom. The minimum Gasteiger partial charge on any atom is -0.372 e. The van der Waals surface area contributed by atoms with Crippen molar-refractivity contribution in [2.75, 3.05) is 12.4 Å². The summed E-state index contributed by atoms with van der Waals surface area (Å²) in [5, 5.41) is 3.19. The Morgan fingerprint density at radius 1 is 1.15 bits per heavy atom. The zero-order valence-corrected chi connectivity index (χ0v) is 13.9. The third-order valence-electron chi connectivity index (χ3n) is 4.22. The van der Waals surface area contributed by atoms with Gasteiger partial charge in [-0.15, -0.1) is 0 Å². The highest BCUT2D eigenvalue weighted by atomic mass is 127. The summed E-state index contributed by atoms with van der Waals surface area (Å²) >= 11 is 2.31. The van der Waals surface area contributed by atoms with E-state index in [1.807, 2.05) is 7.05 Å². The van der Waals surface area contributed by atoms with Crippen LogP contribution in [0.1, 0.15) is 36.3 Å². The van der Waals surface area contributed by atoms with E-state index in [9.17, 15) is 0 Å². The molecule has 1 saturated carbocycles. The zero-order valence-electron chi connectivity index (χ0n) is 11.8. The molecule has 1 aromatic carbocycles. The molecule has 0 radical (unpaired) electrons. The first kappa shape index (κ1) is 13.8. The number of hydrogen-bond acceptors (Lipinski definition) is 3. The third-order valence-corrected chi connectivity index (χ3v) is 5.51. The number of nitrogens with one attached hydrogen (secondary N) is 1. The van der Waals surface area contributed by atoms with Gasteiger partial charge in [0.05, 0.1) is 14.7 Å². The van der Waals surface area contributed by atoms with E-state index in [4.69, 9.17) is 9.97 Å². The summed E-state index contributed by atoms with van der Waals surface area (Å²) in [5.41, 5.74) is 2.41. The quantitative estimate of drug-likeness (QED) is 0.822. The van der Waals surface area contributed by atoms with Crippen molar-refractivity contribution >= 4 is 28.4 Å². The van der Waals surface area contributed by atoms with Gasteiger partial charge in [0.2, 0.25) is 0 Å². The summed E-state index contributed by atoms with van der Waals surface area (Å²) in [4.78, 5) is 9.59. The number of aromatic nitrogens is 2. The number of aryl methyl sites for hydroxylation is 1. The summed E-state index contributed by atoms with van der Waals surface area (Å²) in [5.74, 6) is 1.91. The van der Waals surface area contributed by atoms with Gasteiger partial charge in [-0.2, -0.15) is 0 Å². The molecule has 0 amide bonds. The van der Waals surface area contributed by atoms with Gasteiger partial charge in [-0.05, 0) is 47.9 Å². The fourth-order valence-corrected chi connectivity index (χ4v) is 3.38. The van der Waals surface area contributed by atoms with Crippen molar-refractivity contribution in [1.82, 2.24) is 9.97 Å². The van der Waals surface area contributed by atoms with Gasteiger partial charge in [-0.3, -0.25) is 0 Å². The predicted molar refractivity (Wildman–Crippen MR) is 90.1 cm³/mol. The predicted octanol–water partition coefficient (Wildman–Crippen LogP) is 3.90. The minimum atomic E-state index is 0.0158. The second kappa shape index (κ2) is 5.31.